The molecule has 1 aromatic heterocycles. The van der Waals surface area contributed by atoms with Gasteiger partial charge in [-0.25, -0.2) is 9.37 Å². The van der Waals surface area contributed by atoms with Gasteiger partial charge in [0.1, 0.15) is 5.82 Å². The van der Waals surface area contributed by atoms with Gasteiger partial charge in [-0.05, 0) is 50.4 Å². The molecule has 128 valence electrons. The fraction of sp³-hybridized carbons (Fsp3) is 0.550. The average Bonchev–Trinajstić information content (AvgIpc) is 3.14. The van der Waals surface area contributed by atoms with Crippen LogP contribution >= 0.6 is 11.3 Å². The largest absolute Gasteiger partial charge is 0.317 e. The van der Waals surface area contributed by atoms with Gasteiger partial charge in [-0.1, -0.05) is 37.5 Å². The summed E-state index contributed by atoms with van der Waals surface area (Å²) in [5.74, 6) is 0.502. The molecule has 0 atom stereocenters. The van der Waals surface area contributed by atoms with Crippen LogP contribution in [0.5, 0.6) is 0 Å². The predicted octanol–water partition coefficient (Wildman–Crippen LogP) is 5.00. The van der Waals surface area contributed by atoms with E-state index in [0.717, 1.165) is 50.0 Å². The van der Waals surface area contributed by atoms with E-state index < -0.39 is 0 Å². The van der Waals surface area contributed by atoms with Crippen molar-refractivity contribution in [1.82, 2.24) is 10.3 Å². The number of nitrogens with zero attached hydrogens (tertiary/aromatic N) is 1. The summed E-state index contributed by atoms with van der Waals surface area (Å²) in [5.41, 5.74) is 1.75. The minimum atomic E-state index is -0.217. The van der Waals surface area contributed by atoms with Crippen molar-refractivity contribution in [1.29, 1.82) is 0 Å². The number of aromatic nitrogens is 1. The van der Waals surface area contributed by atoms with Crippen LogP contribution in [0.2, 0.25) is 0 Å². The van der Waals surface area contributed by atoms with E-state index >= 15 is 0 Å². The second-order valence-electron chi connectivity index (χ2n) is 7.22. The number of piperidine rings is 1. The number of thiazole rings is 1. The average molecular weight is 344 g/mol. The molecule has 2 heterocycles. The predicted molar refractivity (Wildman–Crippen MR) is 97.2 cm³/mol. The molecule has 2 fully saturated rings. The third-order valence-electron chi connectivity index (χ3n) is 5.80. The summed E-state index contributed by atoms with van der Waals surface area (Å²) in [7, 11) is 0. The minimum Gasteiger partial charge on any atom is -0.317 e. The molecule has 1 N–H and O–H groups in total. The SMILES string of the molecule is Fc1ccccc1C1(c2csc(C3CCNCC3)n2)CCCCC1. The summed E-state index contributed by atoms with van der Waals surface area (Å²) < 4.78 is 14.6. The normalized spacial score (nSPS) is 21.7. The highest BCUT2D eigenvalue weighted by Crippen LogP contribution is 2.46. The van der Waals surface area contributed by atoms with Crippen LogP contribution < -0.4 is 5.32 Å². The van der Waals surface area contributed by atoms with Crippen molar-refractivity contribution >= 4 is 11.3 Å². The molecule has 1 aliphatic heterocycles. The summed E-state index contributed by atoms with van der Waals surface area (Å²) in [6, 6.07) is 7.34. The van der Waals surface area contributed by atoms with Crippen LogP contribution in [-0.4, -0.2) is 18.1 Å². The molecular formula is C20H25FN2S. The number of hydrogen-bond donors (Lipinski definition) is 1. The fourth-order valence-corrected chi connectivity index (χ4v) is 5.52. The lowest BCUT2D eigenvalue weighted by Gasteiger charge is -2.37. The van der Waals surface area contributed by atoms with E-state index in [-0.39, 0.29) is 11.2 Å². The monoisotopic (exact) mass is 344 g/mol. The Bertz CT molecular complexity index is 684. The number of nitrogens with one attached hydrogen (secondary N) is 1. The second kappa shape index (κ2) is 6.93. The van der Waals surface area contributed by atoms with Crippen molar-refractivity contribution in [2.75, 3.05) is 13.1 Å². The maximum absolute atomic E-state index is 14.6. The molecule has 1 aliphatic carbocycles. The molecule has 2 aliphatic rings. The Morgan fingerprint density at radius 2 is 1.83 bits per heavy atom. The molecule has 0 bridgehead atoms. The molecule has 1 aromatic carbocycles. The quantitative estimate of drug-likeness (QED) is 0.847. The first-order valence-electron chi connectivity index (χ1n) is 9.21. The summed E-state index contributed by atoms with van der Waals surface area (Å²) in [4.78, 5) is 5.07. The highest BCUT2D eigenvalue weighted by Gasteiger charge is 2.40. The Kier molecular flexibility index (Phi) is 4.68. The highest BCUT2D eigenvalue weighted by atomic mass is 32.1. The highest BCUT2D eigenvalue weighted by molar-refractivity contribution is 7.09. The van der Waals surface area contributed by atoms with E-state index in [2.05, 4.69) is 10.7 Å². The molecule has 0 unspecified atom stereocenters. The van der Waals surface area contributed by atoms with Crippen LogP contribution in [0, 0.1) is 5.82 Å². The first-order chi connectivity index (χ1) is 11.8. The number of rotatable bonds is 3. The zero-order valence-electron chi connectivity index (χ0n) is 14.1. The van der Waals surface area contributed by atoms with Crippen LogP contribution in [0.3, 0.4) is 0 Å². The van der Waals surface area contributed by atoms with Gasteiger partial charge in [0.05, 0.1) is 10.7 Å². The van der Waals surface area contributed by atoms with Gasteiger partial charge in [0.2, 0.25) is 0 Å². The third-order valence-corrected chi connectivity index (χ3v) is 6.80. The van der Waals surface area contributed by atoms with Crippen LogP contribution in [0.25, 0.3) is 0 Å². The van der Waals surface area contributed by atoms with E-state index in [9.17, 15) is 4.39 Å². The van der Waals surface area contributed by atoms with Gasteiger partial charge in [0.15, 0.2) is 0 Å². The third kappa shape index (κ3) is 2.91. The lowest BCUT2D eigenvalue weighted by atomic mass is 9.67. The van der Waals surface area contributed by atoms with Crippen molar-refractivity contribution in [2.24, 2.45) is 0 Å². The minimum absolute atomic E-state index is 0.0733. The number of hydrogen-bond acceptors (Lipinski definition) is 3. The first kappa shape index (κ1) is 16.2. The van der Waals surface area contributed by atoms with Gasteiger partial charge in [0, 0.05) is 16.7 Å². The van der Waals surface area contributed by atoms with Gasteiger partial charge >= 0.3 is 0 Å². The van der Waals surface area contributed by atoms with E-state index in [4.69, 9.17) is 4.98 Å². The van der Waals surface area contributed by atoms with Crippen molar-refractivity contribution in [2.45, 2.75) is 56.3 Å². The van der Waals surface area contributed by atoms with Crippen molar-refractivity contribution < 1.29 is 4.39 Å². The van der Waals surface area contributed by atoms with Gasteiger partial charge in [0.25, 0.3) is 0 Å². The van der Waals surface area contributed by atoms with Gasteiger partial charge in [-0.2, -0.15) is 0 Å². The maximum Gasteiger partial charge on any atom is 0.127 e. The Balaban J connectivity index is 1.72. The molecule has 4 heteroatoms. The van der Waals surface area contributed by atoms with Crippen molar-refractivity contribution in [3.8, 4) is 0 Å². The smallest absolute Gasteiger partial charge is 0.127 e. The Labute approximate surface area is 147 Å². The molecule has 24 heavy (non-hydrogen) atoms. The lowest BCUT2D eigenvalue weighted by molar-refractivity contribution is 0.328. The molecule has 4 rings (SSSR count). The molecule has 0 spiro atoms. The van der Waals surface area contributed by atoms with Gasteiger partial charge < -0.3 is 5.32 Å². The van der Waals surface area contributed by atoms with E-state index in [1.165, 1.54) is 24.3 Å². The summed E-state index contributed by atoms with van der Waals surface area (Å²) in [6.07, 6.45) is 7.94. The van der Waals surface area contributed by atoms with Crippen LogP contribution in [0.4, 0.5) is 4.39 Å². The molecule has 2 aromatic rings. The second-order valence-corrected chi connectivity index (χ2v) is 8.11. The zero-order chi connectivity index (χ0) is 16.4. The Hall–Kier alpha value is -1.26. The zero-order valence-corrected chi connectivity index (χ0v) is 14.9. The Morgan fingerprint density at radius 1 is 1.08 bits per heavy atom. The number of halogens is 1. The Morgan fingerprint density at radius 3 is 2.58 bits per heavy atom. The first-order valence-corrected chi connectivity index (χ1v) is 10.1. The standard InChI is InChI=1S/C20H25FN2S/c21-17-7-3-2-6-16(17)20(10-4-1-5-11-20)18-14-24-19(23-18)15-8-12-22-13-9-15/h2-3,6-7,14-15,22H,1,4-5,8-13H2. The molecular weight excluding hydrogens is 319 g/mol. The fourth-order valence-electron chi connectivity index (χ4n) is 4.43. The topological polar surface area (TPSA) is 24.9 Å². The van der Waals surface area contributed by atoms with Crippen LogP contribution in [0.15, 0.2) is 29.6 Å². The number of benzene rings is 1. The summed E-state index contributed by atoms with van der Waals surface area (Å²) in [6.45, 7) is 2.16. The summed E-state index contributed by atoms with van der Waals surface area (Å²) in [5, 5.41) is 6.90. The lowest BCUT2D eigenvalue weighted by Crippen LogP contribution is -2.32. The van der Waals surface area contributed by atoms with Crippen LogP contribution in [0.1, 0.15) is 67.1 Å². The van der Waals surface area contributed by atoms with Gasteiger partial charge in [-0.3, -0.25) is 0 Å². The maximum atomic E-state index is 14.6. The molecule has 0 amide bonds. The van der Waals surface area contributed by atoms with Crippen molar-refractivity contribution in [3.63, 3.8) is 0 Å². The molecule has 1 saturated heterocycles. The molecule has 0 radical (unpaired) electrons. The van der Waals surface area contributed by atoms with E-state index in [1.807, 2.05) is 12.1 Å². The summed E-state index contributed by atoms with van der Waals surface area (Å²) >= 11 is 1.79. The van der Waals surface area contributed by atoms with E-state index in [1.54, 1.807) is 23.5 Å². The molecule has 1 saturated carbocycles. The van der Waals surface area contributed by atoms with E-state index in [0.29, 0.717) is 5.92 Å². The molecule has 2 nitrogen and oxygen atoms in total. The van der Waals surface area contributed by atoms with Gasteiger partial charge in [-0.15, -0.1) is 11.3 Å². The van der Waals surface area contributed by atoms with Crippen molar-refractivity contribution in [3.05, 3.63) is 51.7 Å². The van der Waals surface area contributed by atoms with Crippen LogP contribution in [-0.2, 0) is 5.41 Å².